The summed E-state index contributed by atoms with van der Waals surface area (Å²) in [5.74, 6) is -0.161. The molecule has 2 rings (SSSR count). The molecule has 0 spiro atoms. The smallest absolute Gasteiger partial charge is 0.221 e. The molecule has 0 radical (unpaired) electrons. The van der Waals surface area contributed by atoms with Gasteiger partial charge in [0, 0.05) is 29.9 Å². The molecule has 132 valence electrons. The van der Waals surface area contributed by atoms with E-state index in [1.54, 1.807) is 12.1 Å². The average Bonchev–Trinajstić information content (AvgIpc) is 2.59. The Morgan fingerprint density at radius 3 is 2.56 bits per heavy atom. The van der Waals surface area contributed by atoms with Gasteiger partial charge in [0.15, 0.2) is 0 Å². The van der Waals surface area contributed by atoms with Crippen molar-refractivity contribution in [3.63, 3.8) is 0 Å². The molecule has 0 aromatic heterocycles. The Morgan fingerprint density at radius 2 is 1.92 bits per heavy atom. The second-order valence-electron chi connectivity index (χ2n) is 5.59. The van der Waals surface area contributed by atoms with Crippen molar-refractivity contribution in [2.45, 2.75) is 13.0 Å². The van der Waals surface area contributed by atoms with Gasteiger partial charge >= 0.3 is 0 Å². The molecule has 0 aliphatic rings. The van der Waals surface area contributed by atoms with Crippen LogP contribution >= 0.6 is 11.6 Å². The number of benzene rings is 2. The minimum atomic E-state index is -0.863. The van der Waals surface area contributed by atoms with Gasteiger partial charge in [0.05, 0.1) is 12.7 Å². The third kappa shape index (κ3) is 6.23. The zero-order valence-corrected chi connectivity index (χ0v) is 14.6. The number of aliphatic hydroxyl groups excluding tert-OH is 2. The molecule has 2 aromatic rings. The summed E-state index contributed by atoms with van der Waals surface area (Å²) in [6, 6.07) is 12.9. The molecular formula is C19H21ClN2O3. The summed E-state index contributed by atoms with van der Waals surface area (Å²) in [5, 5.41) is 25.0. The van der Waals surface area contributed by atoms with Crippen LogP contribution in [0.2, 0.25) is 5.02 Å². The van der Waals surface area contributed by atoms with Crippen molar-refractivity contribution < 1.29 is 15.0 Å². The number of halogens is 1. The Balaban J connectivity index is 2.24. The lowest BCUT2D eigenvalue weighted by molar-refractivity contribution is -0.114. The zero-order valence-electron chi connectivity index (χ0n) is 13.9. The number of aliphatic hydroxyl groups is 2. The summed E-state index contributed by atoms with van der Waals surface area (Å²) in [5.41, 5.74) is 3.27. The number of carbonyl (C=O) groups excluding carboxylic acids is 1. The highest BCUT2D eigenvalue weighted by atomic mass is 35.5. The standard InChI is InChI=1S/C19H21ClN2O3/c1-13(24)22-17-9-6-15(19(10-17)21-11-18(25)12-23)5-2-14-3-7-16(20)8-4-14/h2-10,18,21,23,25H,11-12H2,1H3,(H,22,24). The third-order valence-electron chi connectivity index (χ3n) is 3.44. The number of carbonyl (C=O) groups is 1. The average molecular weight is 361 g/mol. The van der Waals surface area contributed by atoms with Gasteiger partial charge in [0.1, 0.15) is 0 Å². The summed E-state index contributed by atoms with van der Waals surface area (Å²) in [6.45, 7) is 1.31. The van der Waals surface area contributed by atoms with Gasteiger partial charge < -0.3 is 20.8 Å². The van der Waals surface area contributed by atoms with E-state index >= 15 is 0 Å². The lowest BCUT2D eigenvalue weighted by atomic mass is 10.1. The monoisotopic (exact) mass is 360 g/mol. The number of hydrogen-bond acceptors (Lipinski definition) is 4. The Bertz CT molecular complexity index is 745. The number of rotatable bonds is 7. The highest BCUT2D eigenvalue weighted by Crippen LogP contribution is 2.24. The normalized spacial score (nSPS) is 12.2. The second kappa shape index (κ2) is 9.22. The van der Waals surface area contributed by atoms with Gasteiger partial charge in [-0.25, -0.2) is 0 Å². The number of hydrogen-bond donors (Lipinski definition) is 4. The predicted octanol–water partition coefficient (Wildman–Crippen LogP) is 3.23. The van der Waals surface area contributed by atoms with Gasteiger partial charge in [-0.3, -0.25) is 4.79 Å². The quantitative estimate of drug-likeness (QED) is 0.571. The van der Waals surface area contributed by atoms with Gasteiger partial charge in [-0.1, -0.05) is 42.0 Å². The third-order valence-corrected chi connectivity index (χ3v) is 3.69. The maximum Gasteiger partial charge on any atom is 0.221 e. The molecule has 1 amide bonds. The highest BCUT2D eigenvalue weighted by Gasteiger charge is 2.06. The maximum atomic E-state index is 11.2. The lowest BCUT2D eigenvalue weighted by Crippen LogP contribution is -2.23. The largest absolute Gasteiger partial charge is 0.394 e. The fourth-order valence-electron chi connectivity index (χ4n) is 2.19. The lowest BCUT2D eigenvalue weighted by Gasteiger charge is -2.14. The van der Waals surface area contributed by atoms with E-state index in [9.17, 15) is 9.90 Å². The molecule has 6 heteroatoms. The number of amides is 1. The van der Waals surface area contributed by atoms with Gasteiger partial charge in [-0.05, 0) is 35.4 Å². The molecule has 5 nitrogen and oxygen atoms in total. The molecule has 0 aliphatic carbocycles. The fourth-order valence-corrected chi connectivity index (χ4v) is 2.31. The Hall–Kier alpha value is -2.34. The maximum absolute atomic E-state index is 11.2. The van der Waals surface area contributed by atoms with Crippen LogP contribution in [0.1, 0.15) is 18.1 Å². The first kappa shape index (κ1) is 19.0. The van der Waals surface area contributed by atoms with Crippen LogP contribution < -0.4 is 10.6 Å². The molecule has 0 saturated carbocycles. The van der Waals surface area contributed by atoms with Crippen LogP contribution in [0.4, 0.5) is 11.4 Å². The van der Waals surface area contributed by atoms with Crippen LogP contribution in [0.3, 0.4) is 0 Å². The minimum Gasteiger partial charge on any atom is -0.394 e. The van der Waals surface area contributed by atoms with Crippen molar-refractivity contribution in [3.8, 4) is 0 Å². The molecule has 0 fully saturated rings. The van der Waals surface area contributed by atoms with Crippen molar-refractivity contribution in [2.75, 3.05) is 23.8 Å². The van der Waals surface area contributed by atoms with E-state index in [4.69, 9.17) is 16.7 Å². The first-order chi connectivity index (χ1) is 12.0. The highest BCUT2D eigenvalue weighted by molar-refractivity contribution is 6.30. The van der Waals surface area contributed by atoms with Gasteiger partial charge in [-0.2, -0.15) is 0 Å². The summed E-state index contributed by atoms with van der Waals surface area (Å²) >= 11 is 5.88. The van der Waals surface area contributed by atoms with E-state index in [0.717, 1.165) is 16.8 Å². The van der Waals surface area contributed by atoms with E-state index < -0.39 is 6.10 Å². The van der Waals surface area contributed by atoms with Crippen LogP contribution in [0, 0.1) is 0 Å². The van der Waals surface area contributed by atoms with E-state index in [-0.39, 0.29) is 19.1 Å². The summed E-state index contributed by atoms with van der Waals surface area (Å²) in [7, 11) is 0. The molecule has 0 aliphatic heterocycles. The Labute approximate surface area is 152 Å². The van der Waals surface area contributed by atoms with E-state index in [1.165, 1.54) is 6.92 Å². The van der Waals surface area contributed by atoms with Crippen LogP contribution in [0.15, 0.2) is 42.5 Å². The molecule has 1 atom stereocenters. The Kier molecular flexibility index (Phi) is 7.01. The van der Waals surface area contributed by atoms with Crippen molar-refractivity contribution >= 4 is 41.0 Å². The van der Waals surface area contributed by atoms with Crippen LogP contribution in [0.5, 0.6) is 0 Å². The van der Waals surface area contributed by atoms with Crippen LogP contribution in [-0.2, 0) is 4.79 Å². The fraction of sp³-hybridized carbons (Fsp3) is 0.211. The number of nitrogens with one attached hydrogen (secondary N) is 2. The van der Waals surface area contributed by atoms with E-state index in [2.05, 4.69) is 10.6 Å². The molecule has 0 bridgehead atoms. The van der Waals surface area contributed by atoms with Gasteiger partial charge in [0.2, 0.25) is 5.91 Å². The molecule has 0 saturated heterocycles. The molecule has 2 aromatic carbocycles. The summed E-state index contributed by atoms with van der Waals surface area (Å²) in [4.78, 5) is 11.2. The number of anilines is 2. The molecule has 0 heterocycles. The first-order valence-electron chi connectivity index (χ1n) is 7.86. The molecular weight excluding hydrogens is 340 g/mol. The van der Waals surface area contributed by atoms with Crippen molar-refractivity contribution in [2.24, 2.45) is 0 Å². The topological polar surface area (TPSA) is 81.6 Å². The van der Waals surface area contributed by atoms with Crippen molar-refractivity contribution in [1.82, 2.24) is 0 Å². The molecule has 25 heavy (non-hydrogen) atoms. The van der Waals surface area contributed by atoms with Crippen molar-refractivity contribution in [1.29, 1.82) is 0 Å². The van der Waals surface area contributed by atoms with E-state index in [1.807, 2.05) is 42.5 Å². The van der Waals surface area contributed by atoms with Crippen molar-refractivity contribution in [3.05, 3.63) is 58.6 Å². The van der Waals surface area contributed by atoms with Crippen LogP contribution in [0.25, 0.3) is 12.2 Å². The van der Waals surface area contributed by atoms with Gasteiger partial charge in [0.25, 0.3) is 0 Å². The minimum absolute atomic E-state index is 0.161. The zero-order chi connectivity index (χ0) is 18.2. The summed E-state index contributed by atoms with van der Waals surface area (Å²) in [6.07, 6.45) is 3.00. The van der Waals surface area contributed by atoms with Gasteiger partial charge in [-0.15, -0.1) is 0 Å². The molecule has 1 unspecified atom stereocenters. The Morgan fingerprint density at radius 1 is 1.20 bits per heavy atom. The summed E-state index contributed by atoms with van der Waals surface area (Å²) < 4.78 is 0. The second-order valence-corrected chi connectivity index (χ2v) is 6.02. The predicted molar refractivity (Wildman–Crippen MR) is 103 cm³/mol. The molecule has 4 N–H and O–H groups in total. The first-order valence-corrected chi connectivity index (χ1v) is 8.24. The van der Waals surface area contributed by atoms with Crippen LogP contribution in [-0.4, -0.2) is 35.4 Å². The van der Waals surface area contributed by atoms with E-state index in [0.29, 0.717) is 10.7 Å². The SMILES string of the molecule is CC(=O)Nc1ccc(C=Cc2ccc(Cl)cc2)c(NCC(O)CO)c1.